The van der Waals surface area contributed by atoms with Crippen LogP contribution in [0, 0.1) is 18.8 Å². The van der Waals surface area contributed by atoms with Crippen LogP contribution in [0.15, 0.2) is 18.2 Å². The molecule has 0 nitrogen and oxygen atoms in total. The maximum Gasteiger partial charge on any atom is -0.0271 e. The molecule has 18 heavy (non-hydrogen) atoms. The van der Waals surface area contributed by atoms with Crippen molar-refractivity contribution in [1.29, 1.82) is 0 Å². The quantitative estimate of drug-likeness (QED) is 0.616. The number of hydrogen-bond acceptors (Lipinski definition) is 0. The Kier molecular flexibility index (Phi) is 6.46. The summed E-state index contributed by atoms with van der Waals surface area (Å²) in [5.41, 5.74) is 4.60. The molecule has 0 saturated heterocycles. The number of benzene rings is 1. The van der Waals surface area contributed by atoms with E-state index in [-0.39, 0.29) is 0 Å². The predicted molar refractivity (Wildman–Crippen MR) is 81.8 cm³/mol. The normalized spacial score (nSPS) is 11.5. The van der Waals surface area contributed by atoms with Gasteiger partial charge >= 0.3 is 0 Å². The Bertz CT molecular complexity index is 347. The van der Waals surface area contributed by atoms with Gasteiger partial charge in [0, 0.05) is 0 Å². The van der Waals surface area contributed by atoms with Gasteiger partial charge in [0.2, 0.25) is 0 Å². The first kappa shape index (κ1) is 15.3. The molecule has 0 amide bonds. The Hall–Kier alpha value is -0.780. The van der Waals surface area contributed by atoms with Crippen molar-refractivity contribution in [2.75, 3.05) is 0 Å². The van der Waals surface area contributed by atoms with Crippen molar-refractivity contribution < 1.29 is 0 Å². The van der Waals surface area contributed by atoms with E-state index in [1.807, 2.05) is 0 Å². The summed E-state index contributed by atoms with van der Waals surface area (Å²) in [4.78, 5) is 0. The fourth-order valence-corrected chi connectivity index (χ4v) is 2.35. The van der Waals surface area contributed by atoms with Crippen LogP contribution in [0.25, 0.3) is 0 Å². The van der Waals surface area contributed by atoms with E-state index >= 15 is 0 Å². The molecular formula is C18H29. The Morgan fingerprint density at radius 1 is 0.889 bits per heavy atom. The molecule has 0 saturated carbocycles. The van der Waals surface area contributed by atoms with Crippen LogP contribution in [0.4, 0.5) is 0 Å². The van der Waals surface area contributed by atoms with E-state index in [0.29, 0.717) is 0 Å². The molecule has 1 radical (unpaired) electrons. The Labute approximate surface area is 114 Å². The molecule has 1 aromatic carbocycles. The molecule has 0 unspecified atom stereocenters. The first-order valence-electron chi connectivity index (χ1n) is 7.43. The summed E-state index contributed by atoms with van der Waals surface area (Å²) in [6, 6.07) is 6.77. The summed E-state index contributed by atoms with van der Waals surface area (Å²) in [5, 5.41) is 0. The van der Waals surface area contributed by atoms with Gasteiger partial charge in [0.1, 0.15) is 0 Å². The summed E-state index contributed by atoms with van der Waals surface area (Å²) in [7, 11) is 0. The third kappa shape index (κ3) is 4.84. The highest BCUT2D eigenvalue weighted by Crippen LogP contribution is 2.22. The summed E-state index contributed by atoms with van der Waals surface area (Å²) in [6.07, 6.45) is 5.93. The molecule has 0 aliphatic rings. The second-order valence-corrected chi connectivity index (χ2v) is 6.17. The van der Waals surface area contributed by atoms with Crippen LogP contribution in [0.5, 0.6) is 0 Å². The first-order chi connectivity index (χ1) is 8.54. The predicted octanol–water partition coefficient (Wildman–Crippen LogP) is 5.24. The van der Waals surface area contributed by atoms with E-state index in [1.54, 1.807) is 11.1 Å². The van der Waals surface area contributed by atoms with E-state index in [2.05, 4.69) is 52.8 Å². The lowest BCUT2D eigenvalue weighted by molar-refractivity contribution is 0.570. The second-order valence-electron chi connectivity index (χ2n) is 6.17. The molecule has 0 aliphatic heterocycles. The van der Waals surface area contributed by atoms with E-state index in [9.17, 15) is 0 Å². The fourth-order valence-electron chi connectivity index (χ4n) is 2.35. The van der Waals surface area contributed by atoms with Gasteiger partial charge in [-0.25, -0.2) is 0 Å². The van der Waals surface area contributed by atoms with Crippen molar-refractivity contribution >= 4 is 0 Å². The smallest absolute Gasteiger partial charge is 0.0271 e. The van der Waals surface area contributed by atoms with E-state index in [4.69, 9.17) is 0 Å². The monoisotopic (exact) mass is 245 g/mol. The number of aryl methyl sites for hydroxylation is 1. The molecule has 101 valence electrons. The Balaban J connectivity index is 2.85. The van der Waals surface area contributed by atoms with Gasteiger partial charge in [0.25, 0.3) is 0 Å². The fraction of sp³-hybridized carbons (Fsp3) is 0.611. The van der Waals surface area contributed by atoms with Crippen LogP contribution in [0.3, 0.4) is 0 Å². The van der Waals surface area contributed by atoms with Gasteiger partial charge in [0.15, 0.2) is 0 Å². The van der Waals surface area contributed by atoms with Crippen LogP contribution >= 0.6 is 0 Å². The molecule has 0 N–H and O–H groups in total. The summed E-state index contributed by atoms with van der Waals surface area (Å²) in [5.74, 6) is 1.56. The maximum absolute atomic E-state index is 4.08. The lowest BCUT2D eigenvalue weighted by atomic mass is 9.90. The zero-order chi connectivity index (χ0) is 13.5. The lowest BCUT2D eigenvalue weighted by Gasteiger charge is -2.16. The van der Waals surface area contributed by atoms with Crippen molar-refractivity contribution in [3.05, 3.63) is 41.8 Å². The minimum Gasteiger partial charge on any atom is -0.0628 e. The van der Waals surface area contributed by atoms with Gasteiger partial charge in [0.05, 0.1) is 0 Å². The molecule has 0 aromatic heterocycles. The third-order valence-corrected chi connectivity index (χ3v) is 3.60. The van der Waals surface area contributed by atoms with Gasteiger partial charge in [-0.3, -0.25) is 0 Å². The molecule has 0 atom stereocenters. The Morgan fingerprint density at radius 3 is 2.00 bits per heavy atom. The van der Waals surface area contributed by atoms with Gasteiger partial charge in [-0.05, 0) is 67.6 Å². The first-order valence-corrected chi connectivity index (χ1v) is 7.43. The van der Waals surface area contributed by atoms with Gasteiger partial charge < -0.3 is 0 Å². The summed E-state index contributed by atoms with van der Waals surface area (Å²) < 4.78 is 0. The van der Waals surface area contributed by atoms with Gasteiger partial charge in [-0.1, -0.05) is 45.9 Å². The van der Waals surface area contributed by atoms with E-state index < -0.39 is 0 Å². The highest BCUT2D eigenvalue weighted by atomic mass is 14.1. The molecular weight excluding hydrogens is 216 g/mol. The van der Waals surface area contributed by atoms with Crippen molar-refractivity contribution in [1.82, 2.24) is 0 Å². The molecule has 0 heterocycles. The second kappa shape index (κ2) is 7.61. The largest absolute Gasteiger partial charge is 0.0628 e. The van der Waals surface area contributed by atoms with Gasteiger partial charge in [-0.15, -0.1) is 0 Å². The SMILES string of the molecule is [CH2]Cc1cccc(CCC(C)C)c1CCC(C)C. The van der Waals surface area contributed by atoms with Crippen molar-refractivity contribution in [2.45, 2.75) is 59.8 Å². The lowest BCUT2D eigenvalue weighted by Crippen LogP contribution is -2.03. The molecule has 0 aliphatic carbocycles. The van der Waals surface area contributed by atoms with Crippen LogP contribution in [-0.4, -0.2) is 0 Å². The van der Waals surface area contributed by atoms with E-state index in [0.717, 1.165) is 18.3 Å². The number of rotatable bonds is 7. The minimum atomic E-state index is 0.779. The summed E-state index contributed by atoms with van der Waals surface area (Å²) in [6.45, 7) is 13.3. The highest BCUT2D eigenvalue weighted by molar-refractivity contribution is 5.36. The average Bonchev–Trinajstić information content (AvgIpc) is 2.33. The van der Waals surface area contributed by atoms with E-state index in [1.165, 1.54) is 31.2 Å². The Morgan fingerprint density at radius 2 is 1.44 bits per heavy atom. The zero-order valence-electron chi connectivity index (χ0n) is 12.6. The van der Waals surface area contributed by atoms with Crippen LogP contribution < -0.4 is 0 Å². The van der Waals surface area contributed by atoms with Crippen molar-refractivity contribution in [3.63, 3.8) is 0 Å². The van der Waals surface area contributed by atoms with Crippen molar-refractivity contribution in [3.8, 4) is 0 Å². The molecule has 0 spiro atoms. The molecule has 0 bridgehead atoms. The van der Waals surface area contributed by atoms with Crippen LogP contribution in [0.1, 0.15) is 57.2 Å². The summed E-state index contributed by atoms with van der Waals surface area (Å²) >= 11 is 0. The standard InChI is InChI=1S/C18H29/c1-6-16-8-7-9-17(12-10-14(2)3)18(16)13-11-15(4)5/h7-9,14-15H,1,6,10-13H2,2-5H3. The van der Waals surface area contributed by atoms with Crippen molar-refractivity contribution in [2.24, 2.45) is 11.8 Å². The molecule has 0 fully saturated rings. The minimum absolute atomic E-state index is 0.779. The zero-order valence-corrected chi connectivity index (χ0v) is 12.6. The maximum atomic E-state index is 4.08. The number of hydrogen-bond donors (Lipinski definition) is 0. The molecule has 0 heteroatoms. The molecule has 1 aromatic rings. The van der Waals surface area contributed by atoms with Crippen LogP contribution in [0.2, 0.25) is 0 Å². The molecule has 1 rings (SSSR count). The third-order valence-electron chi connectivity index (χ3n) is 3.60. The average molecular weight is 245 g/mol. The highest BCUT2D eigenvalue weighted by Gasteiger charge is 2.08. The topological polar surface area (TPSA) is 0 Å². The van der Waals surface area contributed by atoms with Gasteiger partial charge in [-0.2, -0.15) is 0 Å². The van der Waals surface area contributed by atoms with Crippen LogP contribution in [-0.2, 0) is 19.3 Å².